The van der Waals surface area contributed by atoms with Crippen LogP contribution in [0.3, 0.4) is 0 Å². The number of fused-ring (bicyclic) bond motifs is 1. The highest BCUT2D eigenvalue weighted by molar-refractivity contribution is 7.80. The first-order valence-corrected chi connectivity index (χ1v) is 10.6. The Hall–Kier alpha value is -2.43. The molecule has 0 spiro atoms. The van der Waals surface area contributed by atoms with Gasteiger partial charge in [0.05, 0.1) is 13.1 Å². The number of rotatable bonds is 5. The van der Waals surface area contributed by atoms with E-state index in [-0.39, 0.29) is 0 Å². The third-order valence-corrected chi connectivity index (χ3v) is 5.75. The largest absolute Gasteiger partial charge is 0.385 e. The van der Waals surface area contributed by atoms with Gasteiger partial charge >= 0.3 is 0 Å². The standard InChI is InChI=1S/C22H29N5OS/c1-16-12-17(2)19-14-18(15-23)21(25-20(19)13-16)26-7-5-8-27(10-9-26)22(29)24-6-4-11-28-3/h12-14H,4-11H2,1-3H3,(H,24,29)/p+1. The van der Waals surface area contributed by atoms with Crippen LogP contribution in [0.5, 0.6) is 0 Å². The van der Waals surface area contributed by atoms with E-state index >= 15 is 0 Å². The summed E-state index contributed by atoms with van der Waals surface area (Å²) in [6, 6.07) is 8.70. The Balaban J connectivity index is 1.75. The van der Waals surface area contributed by atoms with Gasteiger partial charge in [-0.1, -0.05) is 6.07 Å². The van der Waals surface area contributed by atoms with Crippen molar-refractivity contribution in [3.8, 4) is 6.07 Å². The highest BCUT2D eigenvalue weighted by Gasteiger charge is 2.26. The van der Waals surface area contributed by atoms with Crippen molar-refractivity contribution in [3.63, 3.8) is 0 Å². The summed E-state index contributed by atoms with van der Waals surface area (Å²) in [5.41, 5.74) is 4.17. The molecule has 7 heteroatoms. The monoisotopic (exact) mass is 412 g/mol. The van der Waals surface area contributed by atoms with Gasteiger partial charge in [0.1, 0.15) is 23.7 Å². The molecule has 1 aromatic heterocycles. The molecule has 2 heterocycles. The molecule has 0 unspecified atom stereocenters. The fourth-order valence-electron chi connectivity index (χ4n) is 3.88. The van der Waals surface area contributed by atoms with E-state index in [4.69, 9.17) is 17.0 Å². The number of anilines is 1. The number of ether oxygens (including phenoxy) is 1. The van der Waals surface area contributed by atoms with E-state index in [0.717, 1.165) is 74.0 Å². The molecule has 1 saturated heterocycles. The minimum Gasteiger partial charge on any atom is -0.385 e. The molecular formula is C22H30N5OS+. The van der Waals surface area contributed by atoms with E-state index in [1.54, 1.807) is 7.11 Å². The molecule has 0 bridgehead atoms. The molecule has 0 saturated carbocycles. The van der Waals surface area contributed by atoms with Gasteiger partial charge in [-0.15, -0.1) is 0 Å². The number of aromatic nitrogens is 1. The average molecular weight is 413 g/mol. The molecule has 29 heavy (non-hydrogen) atoms. The molecule has 0 aliphatic carbocycles. The summed E-state index contributed by atoms with van der Waals surface area (Å²) in [4.78, 5) is 8.05. The van der Waals surface area contributed by atoms with Crippen molar-refractivity contribution in [2.75, 3.05) is 51.3 Å². The van der Waals surface area contributed by atoms with Crippen molar-refractivity contribution in [2.45, 2.75) is 26.7 Å². The summed E-state index contributed by atoms with van der Waals surface area (Å²) < 4.78 is 5.09. The van der Waals surface area contributed by atoms with E-state index in [1.165, 1.54) is 11.1 Å². The Bertz CT molecular complexity index is 924. The highest BCUT2D eigenvalue weighted by atomic mass is 32.1. The van der Waals surface area contributed by atoms with Crippen molar-refractivity contribution in [2.24, 2.45) is 0 Å². The summed E-state index contributed by atoms with van der Waals surface area (Å²) in [5, 5.41) is 15.0. The molecule has 1 aliphatic rings. The first-order chi connectivity index (χ1) is 14.0. The fourth-order valence-corrected chi connectivity index (χ4v) is 4.17. The fraction of sp³-hybridized carbons (Fsp3) is 0.500. The lowest BCUT2D eigenvalue weighted by Gasteiger charge is -2.23. The number of pyridine rings is 1. The van der Waals surface area contributed by atoms with Crippen LogP contribution in [0.25, 0.3) is 10.9 Å². The van der Waals surface area contributed by atoms with Crippen LogP contribution in [0.2, 0.25) is 0 Å². The second-order valence-electron chi connectivity index (χ2n) is 7.59. The maximum absolute atomic E-state index is 9.76. The molecule has 6 nitrogen and oxygen atoms in total. The summed E-state index contributed by atoms with van der Waals surface area (Å²) in [6.45, 7) is 9.21. The van der Waals surface area contributed by atoms with Gasteiger partial charge in [-0.3, -0.25) is 4.90 Å². The molecule has 0 amide bonds. The Morgan fingerprint density at radius 1 is 1.24 bits per heavy atom. The number of H-pyrrole nitrogens is 1. The topological polar surface area (TPSA) is 65.7 Å². The van der Waals surface area contributed by atoms with Crippen LogP contribution in [-0.4, -0.2) is 56.5 Å². The maximum atomic E-state index is 9.76. The van der Waals surface area contributed by atoms with Gasteiger partial charge in [-0.05, 0) is 55.7 Å². The first kappa shape index (κ1) is 21.3. The predicted molar refractivity (Wildman–Crippen MR) is 120 cm³/mol. The molecule has 1 aliphatic heterocycles. The number of nitriles is 1. The van der Waals surface area contributed by atoms with Crippen LogP contribution in [0.15, 0.2) is 18.2 Å². The molecule has 1 fully saturated rings. The van der Waals surface area contributed by atoms with E-state index in [0.29, 0.717) is 5.56 Å². The van der Waals surface area contributed by atoms with Crippen molar-refractivity contribution >= 4 is 34.1 Å². The van der Waals surface area contributed by atoms with Crippen molar-refractivity contribution < 1.29 is 9.72 Å². The van der Waals surface area contributed by atoms with Gasteiger partial charge in [-0.2, -0.15) is 5.26 Å². The van der Waals surface area contributed by atoms with Crippen LogP contribution < -0.4 is 15.2 Å². The van der Waals surface area contributed by atoms with Crippen LogP contribution in [-0.2, 0) is 4.74 Å². The number of nitrogens with zero attached hydrogens (tertiary/aromatic N) is 3. The predicted octanol–water partition coefficient (Wildman–Crippen LogP) is 2.57. The van der Waals surface area contributed by atoms with E-state index < -0.39 is 0 Å². The first-order valence-electron chi connectivity index (χ1n) is 10.2. The molecule has 1 aromatic carbocycles. The van der Waals surface area contributed by atoms with Crippen molar-refractivity contribution in [1.29, 1.82) is 5.26 Å². The van der Waals surface area contributed by atoms with Crippen LogP contribution >= 0.6 is 12.2 Å². The average Bonchev–Trinajstić information content (AvgIpc) is 2.96. The number of methoxy groups -OCH3 is 1. The third kappa shape index (κ3) is 5.14. The number of aryl methyl sites for hydroxylation is 2. The molecule has 154 valence electrons. The summed E-state index contributed by atoms with van der Waals surface area (Å²) in [5.74, 6) is 0.908. The Morgan fingerprint density at radius 3 is 2.83 bits per heavy atom. The Kier molecular flexibility index (Phi) is 7.24. The lowest BCUT2D eigenvalue weighted by molar-refractivity contribution is -0.330. The second-order valence-corrected chi connectivity index (χ2v) is 7.98. The van der Waals surface area contributed by atoms with Crippen molar-refractivity contribution in [3.05, 3.63) is 34.9 Å². The third-order valence-electron chi connectivity index (χ3n) is 5.35. The van der Waals surface area contributed by atoms with Gasteiger partial charge in [0.25, 0.3) is 5.82 Å². The van der Waals surface area contributed by atoms with Gasteiger partial charge < -0.3 is 15.0 Å². The normalized spacial score (nSPS) is 14.6. The number of aromatic amines is 1. The minimum absolute atomic E-state index is 0.693. The number of benzene rings is 1. The highest BCUT2D eigenvalue weighted by Crippen LogP contribution is 2.24. The quantitative estimate of drug-likeness (QED) is 0.601. The van der Waals surface area contributed by atoms with Gasteiger partial charge in [0.15, 0.2) is 5.11 Å². The zero-order valence-electron chi connectivity index (χ0n) is 17.5. The van der Waals surface area contributed by atoms with Gasteiger partial charge in [0, 0.05) is 38.6 Å². The van der Waals surface area contributed by atoms with Gasteiger partial charge in [0.2, 0.25) is 0 Å². The molecule has 2 N–H and O–H groups in total. The smallest absolute Gasteiger partial charge is 0.293 e. The number of nitrogens with one attached hydrogen (secondary N) is 2. The minimum atomic E-state index is 0.693. The van der Waals surface area contributed by atoms with E-state index in [2.05, 4.69) is 52.2 Å². The van der Waals surface area contributed by atoms with E-state index in [9.17, 15) is 5.26 Å². The molecular weight excluding hydrogens is 382 g/mol. The number of thiocarbonyl (C=S) groups is 1. The van der Waals surface area contributed by atoms with Crippen LogP contribution in [0, 0.1) is 25.2 Å². The van der Waals surface area contributed by atoms with Crippen LogP contribution in [0.4, 0.5) is 5.82 Å². The Labute approximate surface area is 178 Å². The molecule has 0 atom stereocenters. The Morgan fingerprint density at radius 2 is 2.07 bits per heavy atom. The lowest BCUT2D eigenvalue weighted by atomic mass is 10.0. The van der Waals surface area contributed by atoms with Crippen LogP contribution in [0.1, 0.15) is 29.5 Å². The summed E-state index contributed by atoms with van der Waals surface area (Å²) >= 11 is 5.57. The van der Waals surface area contributed by atoms with E-state index in [1.807, 2.05) is 6.07 Å². The second kappa shape index (κ2) is 9.86. The van der Waals surface area contributed by atoms with Crippen molar-refractivity contribution in [1.82, 2.24) is 10.2 Å². The zero-order valence-corrected chi connectivity index (χ0v) is 18.4. The molecule has 2 aromatic rings. The SMILES string of the molecule is COCCCNC(=S)N1CCCN(c2[nH+]c3cc(C)cc(C)c3cc2C#N)CC1. The number of hydrogen-bond acceptors (Lipinski definition) is 4. The summed E-state index contributed by atoms with van der Waals surface area (Å²) in [7, 11) is 1.71. The lowest BCUT2D eigenvalue weighted by Crippen LogP contribution is -2.42. The van der Waals surface area contributed by atoms with Gasteiger partial charge in [-0.25, -0.2) is 4.98 Å². The zero-order chi connectivity index (χ0) is 20.8. The maximum Gasteiger partial charge on any atom is 0.293 e. The summed E-state index contributed by atoms with van der Waals surface area (Å²) in [6.07, 6.45) is 1.93. The molecule has 0 radical (unpaired) electrons. The molecule has 3 rings (SSSR count). The number of hydrogen-bond donors (Lipinski definition) is 1.